The fourth-order valence-electron chi connectivity index (χ4n) is 1.49. The Morgan fingerprint density at radius 3 is 1.60 bits per heavy atom. The molecule has 0 aliphatic carbocycles. The van der Waals surface area contributed by atoms with Gasteiger partial charge in [0.1, 0.15) is 17.1 Å². The highest BCUT2D eigenvalue weighted by Gasteiger charge is 2.47. The van der Waals surface area contributed by atoms with Crippen molar-refractivity contribution in [1.29, 1.82) is 0 Å². The second-order valence-electron chi connectivity index (χ2n) is 3.50. The van der Waals surface area contributed by atoms with E-state index in [4.69, 9.17) is 8.85 Å². The summed E-state index contributed by atoms with van der Waals surface area (Å²) in [5, 5.41) is 0. The monoisotopic (exact) mass is 232 g/mol. The molecule has 0 aromatic heterocycles. The molecule has 88 valence electrons. The van der Waals surface area contributed by atoms with Crippen LogP contribution < -0.4 is 0 Å². The predicted molar refractivity (Wildman–Crippen MR) is 60.0 cm³/mol. The molecule has 0 aromatic carbocycles. The summed E-state index contributed by atoms with van der Waals surface area (Å²) in [6.07, 6.45) is 0.678. The zero-order chi connectivity index (χ0) is 12.1. The first-order chi connectivity index (χ1) is 6.96. The third kappa shape index (κ3) is 3.22. The van der Waals surface area contributed by atoms with E-state index in [2.05, 4.69) is 0 Å². The van der Waals surface area contributed by atoms with Gasteiger partial charge in [-0.2, -0.15) is 0 Å². The van der Waals surface area contributed by atoms with Crippen molar-refractivity contribution in [3.8, 4) is 0 Å². The van der Waals surface area contributed by atoms with Crippen LogP contribution in [0.1, 0.15) is 26.7 Å². The molecule has 0 saturated carbocycles. The molecule has 0 fully saturated rings. The van der Waals surface area contributed by atoms with Crippen LogP contribution in [0.25, 0.3) is 0 Å². The second kappa shape index (κ2) is 6.15. The molecule has 0 saturated heterocycles. The summed E-state index contributed by atoms with van der Waals surface area (Å²) in [5.74, 6) is -0.167. The lowest BCUT2D eigenvalue weighted by Crippen LogP contribution is -2.48. The highest BCUT2D eigenvalue weighted by atomic mass is 28.4. The fraction of sp³-hybridized carbons (Fsp3) is 0.800. The van der Waals surface area contributed by atoms with Gasteiger partial charge < -0.3 is 8.85 Å². The van der Waals surface area contributed by atoms with Gasteiger partial charge in [-0.15, -0.1) is 0 Å². The standard InChI is InChI=1S/C10H20O4Si/c1-6-8(11)10(9(12)7-2)15(5,13-3)14-4/h10H,6-7H2,1-5H3. The molecule has 0 aromatic rings. The number of carbonyl (C=O) groups is 2. The Morgan fingerprint density at radius 2 is 1.40 bits per heavy atom. The van der Waals surface area contributed by atoms with E-state index < -0.39 is 14.1 Å². The Morgan fingerprint density at radius 1 is 1.07 bits per heavy atom. The van der Waals surface area contributed by atoms with Gasteiger partial charge in [0.2, 0.25) is 0 Å². The first-order valence-electron chi connectivity index (χ1n) is 5.12. The van der Waals surface area contributed by atoms with Crippen molar-refractivity contribution in [1.82, 2.24) is 0 Å². The van der Waals surface area contributed by atoms with Gasteiger partial charge in [-0.1, -0.05) is 13.8 Å². The van der Waals surface area contributed by atoms with E-state index in [0.717, 1.165) is 0 Å². The largest absolute Gasteiger partial charge is 0.397 e. The Bertz CT molecular complexity index is 220. The number of carbonyl (C=O) groups excluding carboxylic acids is 2. The zero-order valence-electron chi connectivity index (χ0n) is 10.1. The lowest BCUT2D eigenvalue weighted by molar-refractivity contribution is -0.127. The van der Waals surface area contributed by atoms with E-state index in [0.29, 0.717) is 12.8 Å². The average molecular weight is 232 g/mol. The molecule has 0 N–H and O–H groups in total. The highest BCUT2D eigenvalue weighted by molar-refractivity contribution is 6.75. The van der Waals surface area contributed by atoms with Crippen LogP contribution >= 0.6 is 0 Å². The van der Waals surface area contributed by atoms with Crippen LogP contribution in [0.4, 0.5) is 0 Å². The lowest BCUT2D eigenvalue weighted by Gasteiger charge is -2.29. The van der Waals surface area contributed by atoms with E-state index >= 15 is 0 Å². The number of rotatable bonds is 7. The topological polar surface area (TPSA) is 52.6 Å². The van der Waals surface area contributed by atoms with E-state index in [1.807, 2.05) is 0 Å². The Balaban J connectivity index is 5.08. The SMILES string of the molecule is CCC(=O)C(C(=O)CC)[Si](C)(OC)OC. The predicted octanol–water partition coefficient (Wildman–Crippen LogP) is 1.68. The van der Waals surface area contributed by atoms with Gasteiger partial charge in [0, 0.05) is 27.1 Å². The summed E-state index contributed by atoms with van der Waals surface area (Å²) in [5.41, 5.74) is -0.692. The lowest BCUT2D eigenvalue weighted by atomic mass is 10.1. The molecule has 5 heteroatoms. The maximum Gasteiger partial charge on any atom is 0.352 e. The van der Waals surface area contributed by atoms with Crippen LogP contribution in [0.15, 0.2) is 0 Å². The minimum atomic E-state index is -2.69. The Hall–Kier alpha value is -0.523. The second-order valence-corrected chi connectivity index (χ2v) is 6.92. The molecule has 0 atom stereocenters. The van der Waals surface area contributed by atoms with E-state index in [1.165, 1.54) is 14.2 Å². The van der Waals surface area contributed by atoms with Crippen LogP contribution in [-0.2, 0) is 18.4 Å². The third-order valence-corrected chi connectivity index (χ3v) is 5.99. The molecule has 4 nitrogen and oxygen atoms in total. The van der Waals surface area contributed by atoms with Gasteiger partial charge in [0.25, 0.3) is 0 Å². The summed E-state index contributed by atoms with van der Waals surface area (Å²) in [7, 11) is 0.295. The number of hydrogen-bond acceptors (Lipinski definition) is 4. The smallest absolute Gasteiger partial charge is 0.352 e. The first-order valence-corrected chi connectivity index (χ1v) is 7.51. The summed E-state index contributed by atoms with van der Waals surface area (Å²) in [6, 6.07) is 0. The average Bonchev–Trinajstić information content (AvgIpc) is 2.28. The quantitative estimate of drug-likeness (QED) is 0.495. The number of ketones is 2. The maximum absolute atomic E-state index is 11.7. The molecule has 0 heterocycles. The third-order valence-electron chi connectivity index (χ3n) is 2.68. The molecule has 0 aliphatic rings. The molecule has 0 aliphatic heterocycles. The van der Waals surface area contributed by atoms with Crippen molar-refractivity contribution in [2.45, 2.75) is 38.8 Å². The van der Waals surface area contributed by atoms with Gasteiger partial charge in [0.05, 0.1) is 0 Å². The molecule has 0 radical (unpaired) electrons. The summed E-state index contributed by atoms with van der Waals surface area (Å²) < 4.78 is 10.5. The molecule has 0 unspecified atom stereocenters. The molecule has 0 amide bonds. The molecule has 0 bridgehead atoms. The van der Waals surface area contributed by atoms with Gasteiger partial charge in [-0.3, -0.25) is 9.59 Å². The van der Waals surface area contributed by atoms with Crippen LogP contribution in [0.3, 0.4) is 0 Å². The summed E-state index contributed by atoms with van der Waals surface area (Å²) in [6.45, 7) is 5.25. The van der Waals surface area contributed by atoms with Crippen molar-refractivity contribution in [2.24, 2.45) is 0 Å². The van der Waals surface area contributed by atoms with Crippen molar-refractivity contribution >= 4 is 20.1 Å². The minimum Gasteiger partial charge on any atom is -0.397 e. The highest BCUT2D eigenvalue weighted by Crippen LogP contribution is 2.27. The first kappa shape index (κ1) is 14.5. The van der Waals surface area contributed by atoms with Gasteiger partial charge >= 0.3 is 8.56 Å². The number of Topliss-reactive ketones (excluding diaryl/α,β-unsaturated/α-hetero) is 2. The molecular formula is C10H20O4Si. The van der Waals surface area contributed by atoms with Crippen LogP contribution in [0.2, 0.25) is 12.1 Å². The van der Waals surface area contributed by atoms with E-state index in [-0.39, 0.29) is 11.6 Å². The Labute approximate surface area is 92.2 Å². The number of hydrogen-bond donors (Lipinski definition) is 0. The van der Waals surface area contributed by atoms with Crippen molar-refractivity contribution in [3.63, 3.8) is 0 Å². The van der Waals surface area contributed by atoms with Crippen LogP contribution in [0.5, 0.6) is 0 Å². The summed E-state index contributed by atoms with van der Waals surface area (Å²) >= 11 is 0. The summed E-state index contributed by atoms with van der Waals surface area (Å²) in [4.78, 5) is 23.5. The van der Waals surface area contributed by atoms with Crippen LogP contribution in [0, 0.1) is 0 Å². The molecular weight excluding hydrogens is 212 g/mol. The van der Waals surface area contributed by atoms with Crippen LogP contribution in [-0.4, -0.2) is 34.3 Å². The normalized spacial score (nSPS) is 11.9. The van der Waals surface area contributed by atoms with Crippen molar-refractivity contribution in [2.75, 3.05) is 14.2 Å². The Kier molecular flexibility index (Phi) is 5.93. The van der Waals surface area contributed by atoms with Crippen molar-refractivity contribution < 1.29 is 18.4 Å². The van der Waals surface area contributed by atoms with Gasteiger partial charge in [-0.25, -0.2) is 0 Å². The fourth-order valence-corrected chi connectivity index (χ4v) is 3.71. The van der Waals surface area contributed by atoms with Gasteiger partial charge in [0.15, 0.2) is 0 Å². The van der Waals surface area contributed by atoms with Gasteiger partial charge in [-0.05, 0) is 6.55 Å². The maximum atomic E-state index is 11.7. The van der Waals surface area contributed by atoms with Crippen molar-refractivity contribution in [3.05, 3.63) is 0 Å². The minimum absolute atomic E-state index is 0.0836. The molecule has 15 heavy (non-hydrogen) atoms. The zero-order valence-corrected chi connectivity index (χ0v) is 11.1. The molecule has 0 rings (SSSR count). The van der Waals surface area contributed by atoms with E-state index in [9.17, 15) is 9.59 Å². The molecule has 0 spiro atoms. The van der Waals surface area contributed by atoms with E-state index in [1.54, 1.807) is 20.4 Å².